The van der Waals surface area contributed by atoms with Gasteiger partial charge in [0.2, 0.25) is 5.91 Å². The molecule has 0 bridgehead atoms. The van der Waals surface area contributed by atoms with E-state index in [9.17, 15) is 18.0 Å². The van der Waals surface area contributed by atoms with Crippen LogP contribution in [0.15, 0.2) is 24.3 Å². The second kappa shape index (κ2) is 6.78. The van der Waals surface area contributed by atoms with Gasteiger partial charge in [0.25, 0.3) is 0 Å². The zero-order valence-corrected chi connectivity index (χ0v) is 13.6. The van der Waals surface area contributed by atoms with Gasteiger partial charge < -0.3 is 9.80 Å². The minimum Gasteiger partial charge on any atom is -0.377 e. The molecule has 128 valence electrons. The van der Waals surface area contributed by atoms with Crippen molar-refractivity contribution in [1.82, 2.24) is 9.80 Å². The smallest absolute Gasteiger partial charge is 0.377 e. The van der Waals surface area contributed by atoms with E-state index in [1.807, 2.05) is 48.2 Å². The second-order valence-corrected chi connectivity index (χ2v) is 6.12. The van der Waals surface area contributed by atoms with Crippen LogP contribution in [-0.2, 0) is 11.3 Å². The zero-order chi connectivity index (χ0) is 17.2. The van der Waals surface area contributed by atoms with Gasteiger partial charge in [-0.3, -0.25) is 9.69 Å². The minimum absolute atomic E-state index is 0.155. The SMILES string of the molecule is CN(C)c1ccccc1CN(C)C1CCN(CC(F)(F)F)C1=O. The average molecular weight is 329 g/mol. The third-order valence-electron chi connectivity index (χ3n) is 4.06. The zero-order valence-electron chi connectivity index (χ0n) is 13.6. The van der Waals surface area contributed by atoms with Crippen LogP contribution in [-0.4, -0.2) is 62.2 Å². The fourth-order valence-corrected chi connectivity index (χ4v) is 2.96. The summed E-state index contributed by atoms with van der Waals surface area (Å²) in [6, 6.07) is 7.31. The van der Waals surface area contributed by atoms with Crippen LogP contribution in [0, 0.1) is 0 Å². The fourth-order valence-electron chi connectivity index (χ4n) is 2.96. The van der Waals surface area contributed by atoms with E-state index in [1.54, 1.807) is 7.05 Å². The highest BCUT2D eigenvalue weighted by Gasteiger charge is 2.40. The van der Waals surface area contributed by atoms with Gasteiger partial charge in [0.05, 0.1) is 6.04 Å². The molecule has 0 N–H and O–H groups in total. The van der Waals surface area contributed by atoms with Gasteiger partial charge in [-0.25, -0.2) is 0 Å². The summed E-state index contributed by atoms with van der Waals surface area (Å²) in [6.07, 6.45) is -3.92. The number of hydrogen-bond donors (Lipinski definition) is 0. The first-order valence-corrected chi connectivity index (χ1v) is 7.50. The summed E-state index contributed by atoms with van der Waals surface area (Å²) in [5, 5.41) is 0. The summed E-state index contributed by atoms with van der Waals surface area (Å²) in [5.74, 6) is -0.438. The standard InChI is InChI=1S/C16H22F3N3O/c1-20(2)13-7-5-4-6-12(13)10-21(3)14-8-9-22(15(14)23)11-16(17,18)19/h4-7,14H,8-11H2,1-3H3. The fraction of sp³-hybridized carbons (Fsp3) is 0.562. The van der Waals surface area contributed by atoms with E-state index < -0.39 is 24.7 Å². The molecule has 1 saturated heterocycles. The molecule has 0 radical (unpaired) electrons. The van der Waals surface area contributed by atoms with E-state index in [4.69, 9.17) is 0 Å². The molecule has 0 aromatic heterocycles. The van der Waals surface area contributed by atoms with Crippen molar-refractivity contribution in [2.45, 2.75) is 25.2 Å². The summed E-state index contributed by atoms with van der Waals surface area (Å²) in [5.41, 5.74) is 2.08. The normalized spacial score (nSPS) is 18.8. The Bertz CT molecular complexity index is 560. The van der Waals surface area contributed by atoms with Crippen LogP contribution in [0.2, 0.25) is 0 Å². The van der Waals surface area contributed by atoms with Gasteiger partial charge in [-0.05, 0) is 25.1 Å². The number of nitrogens with zero attached hydrogens (tertiary/aromatic N) is 3. The number of likely N-dealkylation sites (N-methyl/N-ethyl adjacent to an activating group) is 1. The maximum absolute atomic E-state index is 12.5. The summed E-state index contributed by atoms with van der Waals surface area (Å²) >= 11 is 0. The van der Waals surface area contributed by atoms with E-state index in [-0.39, 0.29) is 6.54 Å². The van der Waals surface area contributed by atoms with Crippen molar-refractivity contribution in [3.63, 3.8) is 0 Å². The molecule has 1 aliphatic heterocycles. The van der Waals surface area contributed by atoms with Crippen LogP contribution in [0.4, 0.5) is 18.9 Å². The quantitative estimate of drug-likeness (QED) is 0.830. The number of likely N-dealkylation sites (tertiary alicyclic amines) is 1. The van der Waals surface area contributed by atoms with Crippen LogP contribution in [0.5, 0.6) is 0 Å². The Morgan fingerprint density at radius 2 is 1.87 bits per heavy atom. The van der Waals surface area contributed by atoms with Crippen LogP contribution in [0.3, 0.4) is 0 Å². The van der Waals surface area contributed by atoms with Crippen molar-refractivity contribution in [3.05, 3.63) is 29.8 Å². The molecular weight excluding hydrogens is 307 g/mol. The Morgan fingerprint density at radius 3 is 2.48 bits per heavy atom. The van der Waals surface area contributed by atoms with Crippen molar-refractivity contribution in [1.29, 1.82) is 0 Å². The number of carbonyl (C=O) groups excluding carboxylic acids is 1. The number of benzene rings is 1. The molecule has 0 saturated carbocycles. The van der Waals surface area contributed by atoms with E-state index in [0.717, 1.165) is 16.2 Å². The molecule has 1 aromatic carbocycles. The van der Waals surface area contributed by atoms with E-state index in [2.05, 4.69) is 0 Å². The Morgan fingerprint density at radius 1 is 1.22 bits per heavy atom. The lowest BCUT2D eigenvalue weighted by Crippen LogP contribution is -2.42. The molecule has 1 fully saturated rings. The molecule has 1 aromatic rings. The number of carbonyl (C=O) groups is 1. The number of hydrogen-bond acceptors (Lipinski definition) is 3. The first kappa shape index (κ1) is 17.6. The Labute approximate surface area is 134 Å². The Kier molecular flexibility index (Phi) is 5.19. The number of anilines is 1. The van der Waals surface area contributed by atoms with Crippen molar-refractivity contribution in [3.8, 4) is 0 Å². The molecule has 1 heterocycles. The van der Waals surface area contributed by atoms with Crippen molar-refractivity contribution in [2.75, 3.05) is 39.1 Å². The molecule has 4 nitrogen and oxygen atoms in total. The Balaban J connectivity index is 2.05. The maximum Gasteiger partial charge on any atom is 0.406 e. The van der Waals surface area contributed by atoms with E-state index in [1.165, 1.54) is 0 Å². The van der Waals surface area contributed by atoms with Crippen LogP contribution < -0.4 is 4.90 Å². The molecule has 1 aliphatic rings. The molecule has 1 unspecified atom stereocenters. The molecule has 0 spiro atoms. The molecule has 1 atom stereocenters. The van der Waals surface area contributed by atoms with Gasteiger partial charge >= 0.3 is 6.18 Å². The molecule has 1 amide bonds. The lowest BCUT2D eigenvalue weighted by atomic mass is 10.1. The van der Waals surface area contributed by atoms with Gasteiger partial charge in [0.1, 0.15) is 6.54 Å². The van der Waals surface area contributed by atoms with E-state index >= 15 is 0 Å². The highest BCUT2D eigenvalue weighted by Crippen LogP contribution is 2.25. The number of alkyl halides is 3. The largest absolute Gasteiger partial charge is 0.406 e. The third kappa shape index (κ3) is 4.37. The van der Waals surface area contributed by atoms with Crippen molar-refractivity contribution in [2.24, 2.45) is 0 Å². The predicted octanol–water partition coefficient (Wildman–Crippen LogP) is 2.35. The summed E-state index contributed by atoms with van der Waals surface area (Å²) in [6.45, 7) is -0.488. The van der Waals surface area contributed by atoms with Crippen LogP contribution in [0.1, 0.15) is 12.0 Å². The first-order valence-electron chi connectivity index (χ1n) is 7.50. The number of halogens is 3. The Hall–Kier alpha value is -1.76. The lowest BCUT2D eigenvalue weighted by Gasteiger charge is -2.26. The summed E-state index contributed by atoms with van der Waals surface area (Å²) in [4.78, 5) is 16.9. The maximum atomic E-state index is 12.5. The highest BCUT2D eigenvalue weighted by atomic mass is 19.4. The van der Waals surface area contributed by atoms with Crippen molar-refractivity contribution < 1.29 is 18.0 Å². The summed E-state index contributed by atoms with van der Waals surface area (Å²) in [7, 11) is 5.65. The molecule has 2 rings (SSSR count). The average Bonchev–Trinajstić information content (AvgIpc) is 2.78. The summed E-state index contributed by atoms with van der Waals surface area (Å²) < 4.78 is 37.5. The number of amides is 1. The van der Waals surface area contributed by atoms with Gasteiger partial charge in [0.15, 0.2) is 0 Å². The number of rotatable bonds is 5. The third-order valence-corrected chi connectivity index (χ3v) is 4.06. The molecule has 7 heteroatoms. The van der Waals surface area contributed by atoms with Crippen molar-refractivity contribution >= 4 is 11.6 Å². The van der Waals surface area contributed by atoms with Crippen LogP contribution in [0.25, 0.3) is 0 Å². The second-order valence-electron chi connectivity index (χ2n) is 6.12. The molecule has 23 heavy (non-hydrogen) atoms. The van der Waals surface area contributed by atoms with Gasteiger partial charge in [-0.15, -0.1) is 0 Å². The lowest BCUT2D eigenvalue weighted by molar-refractivity contribution is -0.159. The predicted molar refractivity (Wildman–Crippen MR) is 83.3 cm³/mol. The topological polar surface area (TPSA) is 26.8 Å². The molecular formula is C16H22F3N3O. The monoisotopic (exact) mass is 329 g/mol. The number of para-hydroxylation sites is 1. The van der Waals surface area contributed by atoms with Gasteiger partial charge in [0, 0.05) is 32.9 Å². The molecule has 0 aliphatic carbocycles. The van der Waals surface area contributed by atoms with E-state index in [0.29, 0.717) is 13.0 Å². The first-order chi connectivity index (χ1) is 10.7. The minimum atomic E-state index is -4.35. The highest BCUT2D eigenvalue weighted by molar-refractivity contribution is 5.84. The van der Waals surface area contributed by atoms with Crippen LogP contribution >= 0.6 is 0 Å². The van der Waals surface area contributed by atoms with Gasteiger partial charge in [-0.2, -0.15) is 13.2 Å². The van der Waals surface area contributed by atoms with Gasteiger partial charge in [-0.1, -0.05) is 18.2 Å².